The molecule has 3 nitrogen and oxygen atoms in total. The van der Waals surface area contributed by atoms with Crippen LogP contribution in [0, 0.1) is 5.82 Å². The Morgan fingerprint density at radius 3 is 2.75 bits per heavy atom. The molecule has 0 aliphatic carbocycles. The molecule has 1 fully saturated rings. The molecular weight excluding hydrogens is 275 g/mol. The lowest BCUT2D eigenvalue weighted by Crippen LogP contribution is -2.43. The van der Waals surface area contributed by atoms with E-state index >= 15 is 0 Å². The molecule has 1 aromatic carbocycles. The number of amides is 1. The molecule has 5 heteroatoms. The van der Waals surface area contributed by atoms with Gasteiger partial charge in [-0.05, 0) is 25.7 Å². The summed E-state index contributed by atoms with van der Waals surface area (Å²) in [6.45, 7) is 4.49. The predicted octanol–water partition coefficient (Wildman–Crippen LogP) is 2.79. The molecule has 0 saturated carbocycles. The fourth-order valence-electron chi connectivity index (χ4n) is 2.49. The number of halogens is 1. The zero-order valence-corrected chi connectivity index (χ0v) is 13.0. The molecule has 0 bridgehead atoms. The topological polar surface area (TPSA) is 32.3 Å². The van der Waals surface area contributed by atoms with Gasteiger partial charge >= 0.3 is 0 Å². The Morgan fingerprint density at radius 2 is 2.15 bits per heavy atom. The number of thioether (sulfide) groups is 1. The molecule has 0 spiro atoms. The molecule has 1 amide bonds. The molecule has 1 aromatic rings. The first kappa shape index (κ1) is 15.3. The normalized spacial score (nSPS) is 26.3. The van der Waals surface area contributed by atoms with Crippen LogP contribution in [-0.4, -0.2) is 34.9 Å². The van der Waals surface area contributed by atoms with Crippen LogP contribution in [0.1, 0.15) is 32.0 Å². The van der Waals surface area contributed by atoms with E-state index in [-0.39, 0.29) is 17.9 Å². The molecule has 20 heavy (non-hydrogen) atoms. The third-order valence-corrected chi connectivity index (χ3v) is 4.53. The quantitative estimate of drug-likeness (QED) is 0.907. The Kier molecular flexibility index (Phi) is 4.70. The summed E-state index contributed by atoms with van der Waals surface area (Å²) in [5, 5.41) is 3.31. The molecule has 2 unspecified atom stereocenters. The SMILES string of the molecule is CCC1(C)NC(c2ccccc2F)N(CCSC)C1=O. The van der Waals surface area contributed by atoms with Gasteiger partial charge in [-0.2, -0.15) is 11.8 Å². The maximum atomic E-state index is 14.0. The van der Waals surface area contributed by atoms with Gasteiger partial charge in [0.1, 0.15) is 12.0 Å². The molecule has 0 radical (unpaired) electrons. The molecule has 2 rings (SSSR count). The number of hydrogen-bond acceptors (Lipinski definition) is 3. The van der Waals surface area contributed by atoms with Crippen molar-refractivity contribution in [1.29, 1.82) is 0 Å². The van der Waals surface area contributed by atoms with Crippen LogP contribution < -0.4 is 5.32 Å². The number of carbonyl (C=O) groups is 1. The van der Waals surface area contributed by atoms with Gasteiger partial charge in [-0.3, -0.25) is 10.1 Å². The Morgan fingerprint density at radius 1 is 1.45 bits per heavy atom. The van der Waals surface area contributed by atoms with Crippen LogP contribution in [0.25, 0.3) is 0 Å². The zero-order valence-electron chi connectivity index (χ0n) is 12.1. The molecule has 110 valence electrons. The molecule has 1 N–H and O–H groups in total. The van der Waals surface area contributed by atoms with Gasteiger partial charge in [-0.1, -0.05) is 25.1 Å². The summed E-state index contributed by atoms with van der Waals surface area (Å²) in [7, 11) is 0. The lowest BCUT2D eigenvalue weighted by molar-refractivity contribution is -0.132. The van der Waals surface area contributed by atoms with Crippen molar-refractivity contribution in [2.75, 3.05) is 18.6 Å². The highest BCUT2D eigenvalue weighted by Crippen LogP contribution is 2.33. The second-order valence-corrected chi connectivity index (χ2v) is 6.23. The molecule has 1 saturated heterocycles. The van der Waals surface area contributed by atoms with Crippen LogP contribution in [0.5, 0.6) is 0 Å². The minimum absolute atomic E-state index is 0.0577. The number of hydrogen-bond donors (Lipinski definition) is 1. The average Bonchev–Trinajstić information content (AvgIpc) is 2.70. The van der Waals surface area contributed by atoms with E-state index in [0.717, 1.165) is 5.75 Å². The van der Waals surface area contributed by atoms with Crippen molar-refractivity contribution < 1.29 is 9.18 Å². The van der Waals surface area contributed by atoms with Gasteiger partial charge in [-0.25, -0.2) is 4.39 Å². The van der Waals surface area contributed by atoms with Crippen molar-refractivity contribution in [2.24, 2.45) is 0 Å². The lowest BCUT2D eigenvalue weighted by Gasteiger charge is -2.24. The highest BCUT2D eigenvalue weighted by Gasteiger charge is 2.47. The monoisotopic (exact) mass is 296 g/mol. The Bertz CT molecular complexity index is 497. The van der Waals surface area contributed by atoms with Crippen LogP contribution in [0.15, 0.2) is 24.3 Å². The Labute approximate surface area is 123 Å². The standard InChI is InChI=1S/C15H21FN2OS/c1-4-15(2)14(19)18(9-10-20-3)13(17-15)11-7-5-6-8-12(11)16/h5-8,13,17H,4,9-10H2,1-3H3. The minimum Gasteiger partial charge on any atom is -0.320 e. The van der Waals surface area contributed by atoms with E-state index < -0.39 is 5.54 Å². The number of nitrogens with zero attached hydrogens (tertiary/aromatic N) is 1. The minimum atomic E-state index is -0.606. The van der Waals surface area contributed by atoms with E-state index in [4.69, 9.17) is 0 Å². The second-order valence-electron chi connectivity index (χ2n) is 5.25. The Balaban J connectivity index is 2.34. The maximum Gasteiger partial charge on any atom is 0.244 e. The number of nitrogens with one attached hydrogen (secondary N) is 1. The summed E-state index contributed by atoms with van der Waals surface area (Å²) < 4.78 is 14.0. The van der Waals surface area contributed by atoms with Gasteiger partial charge in [-0.15, -0.1) is 0 Å². The summed E-state index contributed by atoms with van der Waals surface area (Å²) >= 11 is 1.68. The van der Waals surface area contributed by atoms with Crippen molar-refractivity contribution in [2.45, 2.75) is 32.0 Å². The molecule has 1 aliphatic heterocycles. The predicted molar refractivity (Wildman–Crippen MR) is 81.1 cm³/mol. The van der Waals surface area contributed by atoms with Gasteiger partial charge in [0.15, 0.2) is 0 Å². The third-order valence-electron chi connectivity index (χ3n) is 3.94. The van der Waals surface area contributed by atoms with Crippen LogP contribution in [0.4, 0.5) is 4.39 Å². The summed E-state index contributed by atoms with van der Waals surface area (Å²) in [5.41, 5.74) is -0.0649. The van der Waals surface area contributed by atoms with E-state index in [9.17, 15) is 9.18 Å². The number of rotatable bonds is 5. The summed E-state index contributed by atoms with van der Waals surface area (Å²) in [6, 6.07) is 6.66. The smallest absolute Gasteiger partial charge is 0.244 e. The highest BCUT2D eigenvalue weighted by molar-refractivity contribution is 7.98. The van der Waals surface area contributed by atoms with E-state index in [1.165, 1.54) is 6.07 Å². The van der Waals surface area contributed by atoms with Gasteiger partial charge in [0.2, 0.25) is 5.91 Å². The number of carbonyl (C=O) groups excluding carboxylic acids is 1. The number of benzene rings is 1. The van der Waals surface area contributed by atoms with E-state index in [0.29, 0.717) is 18.5 Å². The Hall–Kier alpha value is -1.07. The first-order valence-corrected chi connectivity index (χ1v) is 8.25. The molecule has 2 atom stereocenters. The summed E-state index contributed by atoms with van der Waals surface area (Å²) in [5.74, 6) is 0.632. The van der Waals surface area contributed by atoms with Crippen LogP contribution in [0.3, 0.4) is 0 Å². The van der Waals surface area contributed by atoms with Crippen molar-refractivity contribution >= 4 is 17.7 Å². The van der Waals surface area contributed by atoms with E-state index in [2.05, 4.69) is 5.32 Å². The van der Waals surface area contributed by atoms with Gasteiger partial charge < -0.3 is 4.90 Å². The average molecular weight is 296 g/mol. The molecule has 1 aliphatic rings. The lowest BCUT2D eigenvalue weighted by atomic mass is 9.99. The highest BCUT2D eigenvalue weighted by atomic mass is 32.2. The van der Waals surface area contributed by atoms with Crippen LogP contribution in [0.2, 0.25) is 0 Å². The molecule has 1 heterocycles. The van der Waals surface area contributed by atoms with Crippen molar-refractivity contribution in [1.82, 2.24) is 10.2 Å². The van der Waals surface area contributed by atoms with Gasteiger partial charge in [0, 0.05) is 17.9 Å². The van der Waals surface area contributed by atoms with Crippen LogP contribution >= 0.6 is 11.8 Å². The van der Waals surface area contributed by atoms with Crippen molar-refractivity contribution in [3.63, 3.8) is 0 Å². The zero-order chi connectivity index (χ0) is 14.8. The largest absolute Gasteiger partial charge is 0.320 e. The van der Waals surface area contributed by atoms with Crippen molar-refractivity contribution in [3.05, 3.63) is 35.6 Å². The van der Waals surface area contributed by atoms with Gasteiger partial charge in [0.25, 0.3) is 0 Å². The second kappa shape index (κ2) is 6.14. The van der Waals surface area contributed by atoms with Crippen molar-refractivity contribution in [3.8, 4) is 0 Å². The first-order valence-electron chi connectivity index (χ1n) is 6.85. The third kappa shape index (κ3) is 2.69. The van der Waals surface area contributed by atoms with E-state index in [1.54, 1.807) is 34.9 Å². The first-order chi connectivity index (χ1) is 9.53. The summed E-state index contributed by atoms with van der Waals surface area (Å²) in [6.07, 6.45) is 2.32. The van der Waals surface area contributed by atoms with Crippen LogP contribution in [-0.2, 0) is 4.79 Å². The molecular formula is C15H21FN2OS. The maximum absolute atomic E-state index is 14.0. The van der Waals surface area contributed by atoms with Gasteiger partial charge in [0.05, 0.1) is 5.54 Å². The van der Waals surface area contributed by atoms with E-state index in [1.807, 2.05) is 20.1 Å². The molecule has 0 aromatic heterocycles. The fourth-order valence-corrected chi connectivity index (χ4v) is 2.87. The summed E-state index contributed by atoms with van der Waals surface area (Å²) in [4.78, 5) is 14.4. The fraction of sp³-hybridized carbons (Fsp3) is 0.533.